The fourth-order valence-electron chi connectivity index (χ4n) is 2.58. The van der Waals surface area contributed by atoms with Crippen LogP contribution in [0.2, 0.25) is 0 Å². The maximum Gasteiger partial charge on any atom is 0.573 e. The van der Waals surface area contributed by atoms with Crippen LogP contribution < -0.4 is 10.1 Å². The van der Waals surface area contributed by atoms with E-state index in [0.717, 1.165) is 17.7 Å². The van der Waals surface area contributed by atoms with E-state index in [4.69, 9.17) is 0 Å². The Balaban J connectivity index is 2.06. The zero-order valence-electron chi connectivity index (χ0n) is 15.5. The molecule has 0 unspecified atom stereocenters. The summed E-state index contributed by atoms with van der Waals surface area (Å²) < 4.78 is 40.5. The topological polar surface area (TPSA) is 58.6 Å². The monoisotopic (exact) mass is 394 g/mol. The molecule has 1 N–H and O–H groups in total. The zero-order chi connectivity index (χ0) is 20.7. The molecule has 150 valence electrons. The molecule has 0 aliphatic rings. The van der Waals surface area contributed by atoms with E-state index in [0.29, 0.717) is 18.7 Å². The van der Waals surface area contributed by atoms with Crippen molar-refractivity contribution in [1.29, 1.82) is 0 Å². The quantitative estimate of drug-likeness (QED) is 0.758. The predicted molar refractivity (Wildman–Crippen MR) is 99.1 cm³/mol. The first kappa shape index (κ1) is 21.3. The Morgan fingerprint density at radius 3 is 2.29 bits per heavy atom. The third-order valence-corrected chi connectivity index (χ3v) is 3.87. The highest BCUT2D eigenvalue weighted by atomic mass is 19.4. The van der Waals surface area contributed by atoms with E-state index in [-0.39, 0.29) is 18.0 Å². The lowest BCUT2D eigenvalue weighted by molar-refractivity contribution is -0.274. The number of carbonyl (C=O) groups is 2. The van der Waals surface area contributed by atoms with Gasteiger partial charge in [-0.05, 0) is 49.2 Å². The van der Waals surface area contributed by atoms with Gasteiger partial charge in [-0.2, -0.15) is 0 Å². The molecule has 0 aliphatic carbocycles. The van der Waals surface area contributed by atoms with Crippen molar-refractivity contribution < 1.29 is 27.5 Å². The second-order valence-corrected chi connectivity index (χ2v) is 6.16. The largest absolute Gasteiger partial charge is 0.573 e. The van der Waals surface area contributed by atoms with Crippen molar-refractivity contribution in [3.63, 3.8) is 0 Å². The summed E-state index contributed by atoms with van der Waals surface area (Å²) in [4.78, 5) is 26.4. The Morgan fingerprint density at radius 1 is 1.07 bits per heavy atom. The van der Waals surface area contributed by atoms with Gasteiger partial charge in [-0.1, -0.05) is 25.1 Å². The summed E-state index contributed by atoms with van der Waals surface area (Å²) in [5.41, 5.74) is 1.72. The van der Waals surface area contributed by atoms with E-state index in [1.54, 1.807) is 12.1 Å². The zero-order valence-corrected chi connectivity index (χ0v) is 15.5. The van der Waals surface area contributed by atoms with Gasteiger partial charge in [0.1, 0.15) is 12.3 Å². The van der Waals surface area contributed by atoms with Gasteiger partial charge in [0.05, 0.1) is 0 Å². The highest BCUT2D eigenvalue weighted by Gasteiger charge is 2.31. The van der Waals surface area contributed by atoms with Crippen LogP contribution >= 0.6 is 0 Å². The number of rotatable bonds is 7. The summed E-state index contributed by atoms with van der Waals surface area (Å²) in [6, 6.07) is 11.9. The van der Waals surface area contributed by atoms with Gasteiger partial charge in [0, 0.05) is 17.8 Å². The van der Waals surface area contributed by atoms with Gasteiger partial charge in [-0.25, -0.2) is 0 Å². The number of ether oxygens (including phenoxy) is 1. The first-order chi connectivity index (χ1) is 13.2. The van der Waals surface area contributed by atoms with E-state index in [2.05, 4.69) is 10.1 Å². The van der Waals surface area contributed by atoms with E-state index in [1.807, 2.05) is 26.0 Å². The van der Waals surface area contributed by atoms with Crippen molar-refractivity contribution in [2.75, 3.05) is 18.4 Å². The summed E-state index contributed by atoms with van der Waals surface area (Å²) in [5, 5.41) is 2.76. The van der Waals surface area contributed by atoms with E-state index < -0.39 is 18.0 Å². The highest BCUT2D eigenvalue weighted by Crippen LogP contribution is 2.23. The summed E-state index contributed by atoms with van der Waals surface area (Å²) in [7, 11) is 0. The van der Waals surface area contributed by atoms with Crippen molar-refractivity contribution in [3.8, 4) is 5.75 Å². The van der Waals surface area contributed by atoms with Crippen LogP contribution in [0, 0.1) is 6.92 Å². The van der Waals surface area contributed by atoms with Gasteiger partial charge < -0.3 is 15.0 Å². The molecule has 0 saturated heterocycles. The van der Waals surface area contributed by atoms with Gasteiger partial charge in [0.15, 0.2) is 0 Å². The minimum absolute atomic E-state index is 0.165. The number of anilines is 1. The molecule has 2 rings (SSSR count). The molecule has 0 atom stereocenters. The van der Waals surface area contributed by atoms with Crippen molar-refractivity contribution in [3.05, 3.63) is 59.7 Å². The van der Waals surface area contributed by atoms with E-state index in [9.17, 15) is 22.8 Å². The molecule has 2 aromatic carbocycles. The smallest absolute Gasteiger partial charge is 0.406 e. The second kappa shape index (κ2) is 9.25. The van der Waals surface area contributed by atoms with Crippen molar-refractivity contribution in [1.82, 2.24) is 4.90 Å². The molecule has 0 bridgehead atoms. The summed E-state index contributed by atoms with van der Waals surface area (Å²) >= 11 is 0. The van der Waals surface area contributed by atoms with Crippen molar-refractivity contribution >= 4 is 17.5 Å². The number of aryl methyl sites for hydroxylation is 1. The lowest BCUT2D eigenvalue weighted by Crippen LogP contribution is -2.38. The maximum atomic E-state index is 12.7. The van der Waals surface area contributed by atoms with E-state index >= 15 is 0 Å². The van der Waals surface area contributed by atoms with Gasteiger partial charge in [0.25, 0.3) is 5.91 Å². The number of nitrogens with one attached hydrogen (secondary N) is 1. The number of amides is 2. The summed E-state index contributed by atoms with van der Waals surface area (Å²) in [6.45, 7) is 3.89. The van der Waals surface area contributed by atoms with Crippen LogP contribution in [-0.4, -0.2) is 36.2 Å². The molecule has 0 radical (unpaired) electrons. The normalized spacial score (nSPS) is 11.0. The Morgan fingerprint density at radius 2 is 1.71 bits per heavy atom. The first-order valence-corrected chi connectivity index (χ1v) is 8.70. The third-order valence-electron chi connectivity index (χ3n) is 3.87. The third kappa shape index (κ3) is 6.29. The van der Waals surface area contributed by atoms with Crippen LogP contribution in [0.1, 0.15) is 29.3 Å². The number of hydrogen-bond acceptors (Lipinski definition) is 3. The van der Waals surface area contributed by atoms with Gasteiger partial charge in [0.2, 0.25) is 5.91 Å². The van der Waals surface area contributed by atoms with Crippen LogP contribution in [0.15, 0.2) is 48.5 Å². The molecule has 2 amide bonds. The molecular formula is C20H21F3N2O3. The molecular weight excluding hydrogens is 373 g/mol. The van der Waals surface area contributed by atoms with Crippen LogP contribution in [0.25, 0.3) is 0 Å². The Hall–Kier alpha value is -3.03. The number of alkyl halides is 3. The molecule has 8 heteroatoms. The van der Waals surface area contributed by atoms with Crippen molar-refractivity contribution in [2.45, 2.75) is 26.6 Å². The molecule has 0 aromatic heterocycles. The van der Waals surface area contributed by atoms with Gasteiger partial charge >= 0.3 is 6.36 Å². The molecule has 0 saturated carbocycles. The minimum atomic E-state index is -4.80. The Kier molecular flexibility index (Phi) is 7.03. The molecule has 5 nitrogen and oxygen atoms in total. The number of halogens is 3. The molecule has 0 heterocycles. The number of nitrogens with zero attached hydrogens (tertiary/aromatic N) is 1. The van der Waals surface area contributed by atoms with Gasteiger partial charge in [-0.15, -0.1) is 13.2 Å². The minimum Gasteiger partial charge on any atom is -0.406 e. The number of para-hydroxylation sites is 1. The molecule has 0 spiro atoms. The van der Waals surface area contributed by atoms with Crippen LogP contribution in [-0.2, 0) is 4.79 Å². The van der Waals surface area contributed by atoms with Crippen LogP contribution in [0.5, 0.6) is 5.75 Å². The Bertz CT molecular complexity index is 820. The molecule has 2 aromatic rings. The van der Waals surface area contributed by atoms with Crippen LogP contribution in [0.3, 0.4) is 0 Å². The fourth-order valence-corrected chi connectivity index (χ4v) is 2.58. The standard InChI is InChI=1S/C20H21F3N2O3/c1-3-12-25(13-18(26)24-17-7-5-4-6-14(17)2)19(27)15-8-10-16(11-9-15)28-20(21,22)23/h4-11H,3,12-13H2,1-2H3,(H,24,26). The molecule has 0 fully saturated rings. The summed E-state index contributed by atoms with van der Waals surface area (Å²) in [6.07, 6.45) is -4.17. The lowest BCUT2D eigenvalue weighted by Gasteiger charge is -2.22. The summed E-state index contributed by atoms with van der Waals surface area (Å²) in [5.74, 6) is -1.21. The highest BCUT2D eigenvalue weighted by molar-refractivity contribution is 5.99. The maximum absolute atomic E-state index is 12.7. The first-order valence-electron chi connectivity index (χ1n) is 8.70. The number of benzene rings is 2. The molecule has 0 aliphatic heterocycles. The molecule has 28 heavy (non-hydrogen) atoms. The van der Waals surface area contributed by atoms with E-state index in [1.165, 1.54) is 17.0 Å². The second-order valence-electron chi connectivity index (χ2n) is 6.16. The number of carbonyl (C=O) groups excluding carboxylic acids is 2. The fraction of sp³-hybridized carbons (Fsp3) is 0.300. The van der Waals surface area contributed by atoms with Crippen molar-refractivity contribution in [2.24, 2.45) is 0 Å². The lowest BCUT2D eigenvalue weighted by atomic mass is 10.1. The Labute approximate surface area is 161 Å². The number of hydrogen-bond donors (Lipinski definition) is 1. The predicted octanol–water partition coefficient (Wildman–Crippen LogP) is 4.38. The average molecular weight is 394 g/mol. The average Bonchev–Trinajstić information content (AvgIpc) is 2.62. The van der Waals surface area contributed by atoms with Gasteiger partial charge in [-0.3, -0.25) is 9.59 Å². The SMILES string of the molecule is CCCN(CC(=O)Nc1ccccc1C)C(=O)c1ccc(OC(F)(F)F)cc1. The van der Waals surface area contributed by atoms with Crippen LogP contribution in [0.4, 0.5) is 18.9 Å².